The van der Waals surface area contributed by atoms with E-state index in [2.05, 4.69) is 30.7 Å². The number of likely N-dealkylation sites (tertiary alicyclic amines) is 1. The maximum absolute atomic E-state index is 12.8. The third-order valence-electron chi connectivity index (χ3n) is 9.18. The summed E-state index contributed by atoms with van der Waals surface area (Å²) in [4.78, 5) is 27.4. The Balaban J connectivity index is 1.26. The normalized spacial score (nSPS) is 28.4. The molecule has 0 saturated carbocycles. The third kappa shape index (κ3) is 7.97. The van der Waals surface area contributed by atoms with Gasteiger partial charge in [-0.25, -0.2) is 4.98 Å². The first-order valence-electron chi connectivity index (χ1n) is 15.3. The van der Waals surface area contributed by atoms with Crippen LogP contribution in [0.3, 0.4) is 0 Å². The lowest BCUT2D eigenvalue weighted by Crippen LogP contribution is -2.57. The minimum Gasteiger partial charge on any atom is -0.356 e. The molecule has 5 rings (SSSR count). The summed E-state index contributed by atoms with van der Waals surface area (Å²) in [6.45, 7) is 5.58. The summed E-state index contributed by atoms with van der Waals surface area (Å²) in [5.74, 6) is 2.97. The highest BCUT2D eigenvalue weighted by Crippen LogP contribution is 2.45. The summed E-state index contributed by atoms with van der Waals surface area (Å²) in [6, 6.07) is 2.76. The van der Waals surface area contributed by atoms with Crippen molar-refractivity contribution < 1.29 is 13.9 Å². The van der Waals surface area contributed by atoms with Crippen LogP contribution in [0.25, 0.3) is 0 Å². The molecule has 39 heavy (non-hydrogen) atoms. The largest absolute Gasteiger partial charge is 0.356 e. The summed E-state index contributed by atoms with van der Waals surface area (Å²) in [6.07, 6.45) is 13.3. The topological polar surface area (TPSA) is 126 Å². The van der Waals surface area contributed by atoms with E-state index in [1.54, 1.807) is 0 Å². The summed E-state index contributed by atoms with van der Waals surface area (Å²) in [5, 5.41) is 10.3. The predicted molar refractivity (Wildman–Crippen MR) is 159 cm³/mol. The molecule has 10 nitrogen and oxygen atoms in total. The summed E-state index contributed by atoms with van der Waals surface area (Å²) >= 11 is 0. The molecule has 5 heterocycles. The summed E-state index contributed by atoms with van der Waals surface area (Å²) in [5.41, 5.74) is 0. The molecule has 0 spiro atoms. The minimum atomic E-state index is -2.42. The van der Waals surface area contributed by atoms with Crippen molar-refractivity contribution in [1.29, 1.82) is 0 Å². The van der Waals surface area contributed by atoms with Crippen molar-refractivity contribution in [3.63, 3.8) is 0 Å². The number of nitrogens with zero attached hydrogens (tertiary/aromatic N) is 4. The second-order valence-electron chi connectivity index (χ2n) is 11.9. The van der Waals surface area contributed by atoms with Crippen LogP contribution in [0.1, 0.15) is 70.6 Å². The molecule has 1 aromatic rings. The highest BCUT2D eigenvalue weighted by molar-refractivity contribution is 8.24. The van der Waals surface area contributed by atoms with Gasteiger partial charge in [0.2, 0.25) is 11.9 Å². The first-order chi connectivity index (χ1) is 19.0. The maximum atomic E-state index is 12.8. The fraction of sp³-hybridized carbons (Fsp3) is 0.821. The fourth-order valence-electron chi connectivity index (χ4n) is 6.93. The number of carbonyl (C=O) groups is 1. The number of anilines is 2. The molecule has 0 aromatic carbocycles. The smallest absolute Gasteiger partial charge is 0.224 e. The second kappa shape index (κ2) is 13.8. The Morgan fingerprint density at radius 3 is 2.49 bits per heavy atom. The Hall–Kier alpha value is -1.66. The van der Waals surface area contributed by atoms with Crippen LogP contribution in [0.2, 0.25) is 0 Å². The Labute approximate surface area is 235 Å². The lowest BCUT2D eigenvalue weighted by atomic mass is 9.90. The van der Waals surface area contributed by atoms with Gasteiger partial charge in [-0.05, 0) is 83.5 Å². The summed E-state index contributed by atoms with van der Waals surface area (Å²) < 4.78 is 20.4. The molecule has 5 N–H and O–H groups in total. The van der Waals surface area contributed by atoms with Gasteiger partial charge >= 0.3 is 0 Å². The Morgan fingerprint density at radius 2 is 1.74 bits per heavy atom. The van der Waals surface area contributed by atoms with Gasteiger partial charge < -0.3 is 20.9 Å². The van der Waals surface area contributed by atoms with E-state index in [0.717, 1.165) is 83.5 Å². The first-order valence-corrected chi connectivity index (χ1v) is 17.2. The van der Waals surface area contributed by atoms with Gasteiger partial charge in [-0.15, -0.1) is 0 Å². The average Bonchev–Trinajstić information content (AvgIpc) is 3.24. The zero-order valence-electron chi connectivity index (χ0n) is 23.4. The van der Waals surface area contributed by atoms with E-state index in [4.69, 9.17) is 4.98 Å². The van der Waals surface area contributed by atoms with Crippen molar-refractivity contribution in [3.05, 3.63) is 12.3 Å². The Kier molecular flexibility index (Phi) is 10.2. The maximum Gasteiger partial charge on any atom is 0.224 e. The molecular formula is C28H49N7O3S. The number of hydrogen-bond donors (Lipinski definition) is 5. The van der Waals surface area contributed by atoms with Crippen LogP contribution in [0.4, 0.5) is 11.8 Å². The molecule has 0 aliphatic carbocycles. The monoisotopic (exact) mass is 563 g/mol. The molecule has 4 fully saturated rings. The second-order valence-corrected chi connectivity index (χ2v) is 14.3. The molecule has 1 aromatic heterocycles. The molecule has 1 amide bonds. The number of amides is 1. The number of carbonyl (C=O) groups excluding carboxylic acids is 1. The highest BCUT2D eigenvalue weighted by Gasteiger charge is 2.38. The van der Waals surface area contributed by atoms with Crippen LogP contribution in [-0.2, 0) is 4.79 Å². The lowest BCUT2D eigenvalue weighted by molar-refractivity contribution is -0.125. The Bertz CT molecular complexity index is 914. The minimum absolute atomic E-state index is 0.112. The van der Waals surface area contributed by atoms with E-state index >= 15 is 0 Å². The first kappa shape index (κ1) is 28.9. The van der Waals surface area contributed by atoms with Crippen molar-refractivity contribution in [2.75, 3.05) is 61.0 Å². The van der Waals surface area contributed by atoms with E-state index in [1.807, 2.05) is 12.3 Å². The van der Waals surface area contributed by atoms with Crippen molar-refractivity contribution in [2.24, 2.45) is 5.92 Å². The quantitative estimate of drug-likeness (QED) is 0.323. The Morgan fingerprint density at radius 1 is 1.00 bits per heavy atom. The van der Waals surface area contributed by atoms with Gasteiger partial charge in [-0.2, -0.15) is 15.6 Å². The lowest BCUT2D eigenvalue weighted by Gasteiger charge is -2.49. The van der Waals surface area contributed by atoms with E-state index in [9.17, 15) is 13.9 Å². The van der Waals surface area contributed by atoms with Crippen molar-refractivity contribution in [2.45, 2.75) is 88.8 Å². The van der Waals surface area contributed by atoms with Gasteiger partial charge in [-0.1, -0.05) is 12.8 Å². The van der Waals surface area contributed by atoms with Gasteiger partial charge in [0, 0.05) is 61.4 Å². The van der Waals surface area contributed by atoms with Crippen LogP contribution >= 0.6 is 10.6 Å². The molecular weight excluding hydrogens is 514 g/mol. The number of rotatable bonds is 8. The molecule has 11 heteroatoms. The third-order valence-corrected chi connectivity index (χ3v) is 11.0. The van der Waals surface area contributed by atoms with Gasteiger partial charge in [0.05, 0.1) is 0 Å². The molecule has 0 radical (unpaired) electrons. The molecule has 4 saturated heterocycles. The van der Waals surface area contributed by atoms with Crippen molar-refractivity contribution >= 4 is 28.3 Å². The zero-order chi connectivity index (χ0) is 27.1. The van der Waals surface area contributed by atoms with Crippen LogP contribution < -0.4 is 20.9 Å². The van der Waals surface area contributed by atoms with Crippen LogP contribution in [0, 0.1) is 5.92 Å². The SMILES string of the molecule is O=C(NCCC1C(Nc2nccc(N3CCCCCC3)n2)CCCN1C1CCS(O)(O)CC1)C1CCNCC1. The van der Waals surface area contributed by atoms with E-state index in [1.165, 1.54) is 25.7 Å². The molecule has 2 unspecified atom stereocenters. The van der Waals surface area contributed by atoms with E-state index in [-0.39, 0.29) is 23.9 Å². The average molecular weight is 564 g/mol. The standard InChI is InChI=1S/C28H49N7O3S/c36-27(22-7-13-29-14-8-22)30-15-9-25-24(6-5-19-35(25)23-11-20-39(37,38)21-12-23)32-28-31-16-10-26(33-28)34-17-3-1-2-4-18-34/h10,16,22-25,29,37-38H,1-9,11-15,17-21H2,(H,30,36)(H,31,32,33). The van der Waals surface area contributed by atoms with Gasteiger partial charge in [0.25, 0.3) is 0 Å². The molecule has 4 aliphatic rings. The fourth-order valence-corrected chi connectivity index (χ4v) is 8.43. The number of nitrogens with one attached hydrogen (secondary N) is 3. The predicted octanol–water partition coefficient (Wildman–Crippen LogP) is 3.52. The van der Waals surface area contributed by atoms with Crippen LogP contribution in [0.5, 0.6) is 0 Å². The van der Waals surface area contributed by atoms with Crippen molar-refractivity contribution in [3.8, 4) is 0 Å². The van der Waals surface area contributed by atoms with E-state index in [0.29, 0.717) is 30.0 Å². The number of hydrogen-bond acceptors (Lipinski definition) is 9. The number of aromatic nitrogens is 2. The molecule has 220 valence electrons. The highest BCUT2D eigenvalue weighted by atomic mass is 32.3. The van der Waals surface area contributed by atoms with Crippen molar-refractivity contribution in [1.82, 2.24) is 25.5 Å². The van der Waals surface area contributed by atoms with Gasteiger partial charge in [-0.3, -0.25) is 18.8 Å². The molecule has 2 atom stereocenters. The summed E-state index contributed by atoms with van der Waals surface area (Å²) in [7, 11) is -2.42. The van der Waals surface area contributed by atoms with Crippen LogP contribution in [-0.4, -0.2) is 98.8 Å². The van der Waals surface area contributed by atoms with Crippen LogP contribution in [0.15, 0.2) is 12.3 Å². The number of piperidine rings is 2. The van der Waals surface area contributed by atoms with Gasteiger partial charge in [0.1, 0.15) is 5.82 Å². The molecule has 4 aliphatic heterocycles. The zero-order valence-corrected chi connectivity index (χ0v) is 24.2. The molecule has 0 bridgehead atoms. The van der Waals surface area contributed by atoms with Gasteiger partial charge in [0.15, 0.2) is 0 Å². The van der Waals surface area contributed by atoms with E-state index < -0.39 is 10.6 Å².